The van der Waals surface area contributed by atoms with Crippen LogP contribution in [-0.4, -0.2) is 22.7 Å². The molecule has 8 heteroatoms. The van der Waals surface area contributed by atoms with Crippen molar-refractivity contribution in [1.29, 1.82) is 0 Å². The second kappa shape index (κ2) is 5.41. The van der Waals surface area contributed by atoms with Crippen LogP contribution < -0.4 is 5.56 Å². The largest absolute Gasteiger partial charge is 0.506 e. The van der Waals surface area contributed by atoms with Crippen LogP contribution in [0.25, 0.3) is 10.9 Å². The van der Waals surface area contributed by atoms with Crippen LogP contribution >= 0.6 is 27.5 Å². The van der Waals surface area contributed by atoms with Crippen LogP contribution in [0.2, 0.25) is 5.02 Å². The van der Waals surface area contributed by atoms with Gasteiger partial charge in [0.1, 0.15) is 5.75 Å². The highest BCUT2D eigenvalue weighted by Crippen LogP contribution is 2.35. The second-order valence-electron chi connectivity index (χ2n) is 3.81. The Bertz CT molecular complexity index is 774. The van der Waals surface area contributed by atoms with E-state index in [4.69, 9.17) is 11.6 Å². The molecule has 0 saturated heterocycles. The number of H-pyrrole nitrogens is 1. The van der Waals surface area contributed by atoms with E-state index in [1.807, 2.05) is 0 Å². The van der Waals surface area contributed by atoms with Crippen LogP contribution in [0.1, 0.15) is 17.3 Å². The monoisotopic (exact) mass is 363 g/mol. The zero-order chi connectivity index (χ0) is 15.0. The zero-order valence-electron chi connectivity index (χ0n) is 10.1. The molecule has 0 fully saturated rings. The topological polar surface area (TPSA) is 79.4 Å². The Morgan fingerprint density at radius 1 is 1.60 bits per heavy atom. The number of carbonyl (C=O) groups is 1. The first-order chi connectivity index (χ1) is 9.38. The molecule has 1 aromatic heterocycles. The van der Waals surface area contributed by atoms with E-state index >= 15 is 0 Å². The Morgan fingerprint density at radius 2 is 2.25 bits per heavy atom. The summed E-state index contributed by atoms with van der Waals surface area (Å²) < 4.78 is 18.6. The first-order valence-corrected chi connectivity index (χ1v) is 6.65. The summed E-state index contributed by atoms with van der Waals surface area (Å²) in [6.45, 7) is 1.59. The Balaban J connectivity index is 2.86. The molecule has 20 heavy (non-hydrogen) atoms. The standard InChI is InChI=1S/C12H8BrClFNO4/c1-2-20-12(19)6-10(17)4-3-5(14)7(13)8(15)9(4)16-11(6)18/h3H,2H2,1H3,(H2,16,17,18). The maximum atomic E-state index is 14.0. The molecule has 0 radical (unpaired) electrons. The minimum Gasteiger partial charge on any atom is -0.506 e. The number of hydrogen-bond donors (Lipinski definition) is 2. The van der Waals surface area contributed by atoms with E-state index in [1.165, 1.54) is 6.07 Å². The van der Waals surface area contributed by atoms with E-state index in [0.717, 1.165) is 0 Å². The van der Waals surface area contributed by atoms with Gasteiger partial charge in [0.25, 0.3) is 5.56 Å². The van der Waals surface area contributed by atoms with Gasteiger partial charge in [0, 0.05) is 5.39 Å². The number of carbonyl (C=O) groups excluding carboxylic acids is 1. The minimum absolute atomic E-state index is 0.00726. The first-order valence-electron chi connectivity index (χ1n) is 5.48. The SMILES string of the molecule is CCOC(=O)c1c(O)c2cc(Cl)c(Br)c(F)c2[nH]c1=O. The number of benzene rings is 1. The predicted molar refractivity (Wildman–Crippen MR) is 74.9 cm³/mol. The molecule has 0 saturated carbocycles. The molecule has 0 aliphatic heterocycles. The summed E-state index contributed by atoms with van der Waals surface area (Å²) in [5, 5.41) is 9.91. The first kappa shape index (κ1) is 14.8. The second-order valence-corrected chi connectivity index (χ2v) is 5.01. The Kier molecular flexibility index (Phi) is 4.01. The maximum Gasteiger partial charge on any atom is 0.347 e. The Hall–Kier alpha value is -1.60. The molecule has 0 unspecified atom stereocenters. The fourth-order valence-electron chi connectivity index (χ4n) is 1.71. The fraction of sp³-hybridized carbons (Fsp3) is 0.167. The van der Waals surface area contributed by atoms with Crippen molar-refractivity contribution in [2.45, 2.75) is 6.92 Å². The van der Waals surface area contributed by atoms with Gasteiger partial charge in [-0.2, -0.15) is 0 Å². The van der Waals surface area contributed by atoms with Crippen molar-refractivity contribution in [2.75, 3.05) is 6.61 Å². The normalized spacial score (nSPS) is 10.8. The van der Waals surface area contributed by atoms with Gasteiger partial charge in [0.2, 0.25) is 0 Å². The van der Waals surface area contributed by atoms with Crippen molar-refractivity contribution in [3.05, 3.63) is 37.3 Å². The van der Waals surface area contributed by atoms with Crippen molar-refractivity contribution in [2.24, 2.45) is 0 Å². The van der Waals surface area contributed by atoms with E-state index in [2.05, 4.69) is 25.7 Å². The Labute approximate surface area is 125 Å². The molecule has 106 valence electrons. The van der Waals surface area contributed by atoms with Crippen LogP contribution in [0.4, 0.5) is 4.39 Å². The van der Waals surface area contributed by atoms with Gasteiger partial charge in [-0.1, -0.05) is 11.6 Å². The lowest BCUT2D eigenvalue weighted by atomic mass is 10.1. The molecular formula is C12H8BrClFNO4. The van der Waals surface area contributed by atoms with E-state index in [-0.39, 0.29) is 27.0 Å². The van der Waals surface area contributed by atoms with E-state index in [1.54, 1.807) is 6.92 Å². The summed E-state index contributed by atoms with van der Waals surface area (Å²) in [7, 11) is 0. The quantitative estimate of drug-likeness (QED) is 0.634. The number of halogens is 3. The zero-order valence-corrected chi connectivity index (χ0v) is 12.4. The molecule has 0 spiro atoms. The number of fused-ring (bicyclic) bond motifs is 1. The lowest BCUT2D eigenvalue weighted by Gasteiger charge is -2.09. The van der Waals surface area contributed by atoms with E-state index in [9.17, 15) is 19.1 Å². The van der Waals surface area contributed by atoms with Crippen molar-refractivity contribution in [3.63, 3.8) is 0 Å². The molecule has 1 heterocycles. The summed E-state index contributed by atoms with van der Waals surface area (Å²) in [5.74, 6) is -2.50. The van der Waals surface area contributed by atoms with Crippen molar-refractivity contribution in [1.82, 2.24) is 4.98 Å². The van der Waals surface area contributed by atoms with Gasteiger partial charge in [-0.05, 0) is 28.9 Å². The highest BCUT2D eigenvalue weighted by atomic mass is 79.9. The molecule has 0 aliphatic carbocycles. The van der Waals surface area contributed by atoms with Gasteiger partial charge in [0.15, 0.2) is 11.4 Å². The summed E-state index contributed by atoms with van der Waals surface area (Å²) in [6, 6.07) is 1.23. The molecule has 2 N–H and O–H groups in total. The molecule has 0 amide bonds. The number of pyridine rings is 1. The lowest BCUT2D eigenvalue weighted by Crippen LogP contribution is -2.20. The van der Waals surface area contributed by atoms with Gasteiger partial charge in [-0.3, -0.25) is 4.79 Å². The van der Waals surface area contributed by atoms with Crippen LogP contribution in [0.15, 0.2) is 15.3 Å². The molecule has 0 bridgehead atoms. The van der Waals surface area contributed by atoms with Crippen molar-refractivity contribution >= 4 is 44.4 Å². The smallest absolute Gasteiger partial charge is 0.347 e. The highest BCUT2D eigenvalue weighted by Gasteiger charge is 2.23. The molecule has 1 aromatic carbocycles. The predicted octanol–water partition coefficient (Wildman–Crippen LogP) is 2.97. The summed E-state index contributed by atoms with van der Waals surface area (Å²) in [5.41, 5.74) is -1.78. The van der Waals surface area contributed by atoms with Gasteiger partial charge in [-0.15, -0.1) is 0 Å². The molecule has 2 aromatic rings. The van der Waals surface area contributed by atoms with E-state index < -0.39 is 28.7 Å². The molecule has 2 rings (SSSR count). The van der Waals surface area contributed by atoms with Crippen molar-refractivity contribution < 1.29 is 19.0 Å². The third-order valence-corrected chi connectivity index (χ3v) is 3.90. The summed E-state index contributed by atoms with van der Waals surface area (Å²) in [6.07, 6.45) is 0. The number of ether oxygens (including phenoxy) is 1. The number of hydrogen-bond acceptors (Lipinski definition) is 4. The third kappa shape index (κ3) is 2.27. The molecular weight excluding hydrogens is 356 g/mol. The minimum atomic E-state index is -0.993. The number of aromatic hydroxyl groups is 1. The van der Waals surface area contributed by atoms with Gasteiger partial charge in [0.05, 0.1) is 21.6 Å². The van der Waals surface area contributed by atoms with E-state index in [0.29, 0.717) is 0 Å². The number of esters is 1. The molecule has 0 aliphatic rings. The van der Waals surface area contributed by atoms with Crippen LogP contribution in [0, 0.1) is 5.82 Å². The number of rotatable bonds is 2. The average Bonchev–Trinajstić information content (AvgIpc) is 2.38. The number of aromatic amines is 1. The van der Waals surface area contributed by atoms with Crippen LogP contribution in [0.3, 0.4) is 0 Å². The Morgan fingerprint density at radius 3 is 2.85 bits per heavy atom. The van der Waals surface area contributed by atoms with Crippen LogP contribution in [0.5, 0.6) is 5.75 Å². The van der Waals surface area contributed by atoms with Gasteiger partial charge >= 0.3 is 5.97 Å². The fourth-order valence-corrected chi connectivity index (χ4v) is 2.22. The third-order valence-electron chi connectivity index (χ3n) is 2.60. The van der Waals surface area contributed by atoms with Gasteiger partial charge in [-0.25, -0.2) is 9.18 Å². The highest BCUT2D eigenvalue weighted by molar-refractivity contribution is 9.10. The van der Waals surface area contributed by atoms with Gasteiger partial charge < -0.3 is 14.8 Å². The molecule has 0 atom stereocenters. The van der Waals surface area contributed by atoms with Crippen molar-refractivity contribution in [3.8, 4) is 5.75 Å². The average molecular weight is 365 g/mol. The lowest BCUT2D eigenvalue weighted by molar-refractivity contribution is 0.0521. The molecule has 5 nitrogen and oxygen atoms in total. The number of nitrogens with one attached hydrogen (secondary N) is 1. The summed E-state index contributed by atoms with van der Waals surface area (Å²) in [4.78, 5) is 25.6. The maximum absolute atomic E-state index is 14.0. The van der Waals surface area contributed by atoms with Crippen LogP contribution in [-0.2, 0) is 4.74 Å². The summed E-state index contributed by atoms with van der Waals surface area (Å²) >= 11 is 8.71. The number of aromatic nitrogens is 1.